The van der Waals surface area contributed by atoms with Crippen LogP contribution in [0.4, 0.5) is 14.9 Å². The summed E-state index contributed by atoms with van der Waals surface area (Å²) in [6.45, 7) is 1.42. The van der Waals surface area contributed by atoms with E-state index in [1.807, 2.05) is 0 Å². The molecule has 0 radical (unpaired) electrons. The van der Waals surface area contributed by atoms with Gasteiger partial charge in [0, 0.05) is 13.1 Å². The van der Waals surface area contributed by atoms with Gasteiger partial charge in [0.05, 0.1) is 11.4 Å². The lowest BCUT2D eigenvalue weighted by Crippen LogP contribution is -2.35. The van der Waals surface area contributed by atoms with Crippen molar-refractivity contribution in [1.82, 2.24) is 25.1 Å². The van der Waals surface area contributed by atoms with Crippen molar-refractivity contribution in [2.75, 3.05) is 18.4 Å². The topological polar surface area (TPSA) is 75.9 Å². The number of anilines is 1. The number of carbonyl (C=O) groups is 1. The Balaban J connectivity index is 1.76. The molecule has 2 aromatic rings. The highest BCUT2D eigenvalue weighted by atomic mass is 19.1. The van der Waals surface area contributed by atoms with Gasteiger partial charge >= 0.3 is 6.03 Å². The lowest BCUT2D eigenvalue weighted by molar-refractivity contribution is 0.213. The Kier molecular flexibility index (Phi) is 4.27. The molecule has 1 N–H and O–H groups in total. The summed E-state index contributed by atoms with van der Waals surface area (Å²) in [4.78, 5) is 14.0. The molecule has 0 saturated carbocycles. The number of nitrogens with zero attached hydrogens (tertiary/aromatic N) is 5. The average molecular weight is 304 g/mol. The number of rotatable bonds is 2. The summed E-state index contributed by atoms with van der Waals surface area (Å²) < 4.78 is 15.3. The van der Waals surface area contributed by atoms with Crippen LogP contribution in [0.25, 0.3) is 5.69 Å². The molecule has 1 aromatic heterocycles. The van der Waals surface area contributed by atoms with E-state index < -0.39 is 5.82 Å². The van der Waals surface area contributed by atoms with Crippen molar-refractivity contribution in [2.24, 2.45) is 0 Å². The fraction of sp³-hybridized carbons (Fsp3) is 0.429. The molecule has 3 rings (SSSR count). The molecule has 1 fully saturated rings. The van der Waals surface area contributed by atoms with Crippen molar-refractivity contribution in [3.05, 3.63) is 30.3 Å². The third-order valence-corrected chi connectivity index (χ3v) is 3.70. The zero-order valence-corrected chi connectivity index (χ0v) is 12.1. The van der Waals surface area contributed by atoms with E-state index in [1.54, 1.807) is 11.0 Å². The molecule has 8 heteroatoms. The number of amides is 2. The highest BCUT2D eigenvalue weighted by molar-refractivity contribution is 5.89. The number of carbonyl (C=O) groups excluding carboxylic acids is 1. The monoisotopic (exact) mass is 304 g/mol. The predicted molar refractivity (Wildman–Crippen MR) is 78.2 cm³/mol. The van der Waals surface area contributed by atoms with E-state index in [2.05, 4.69) is 20.8 Å². The Bertz CT molecular complexity index is 637. The molecule has 2 amide bonds. The molecule has 2 heterocycles. The van der Waals surface area contributed by atoms with E-state index in [1.165, 1.54) is 23.1 Å². The summed E-state index contributed by atoms with van der Waals surface area (Å²) >= 11 is 0. The van der Waals surface area contributed by atoms with Crippen LogP contribution in [0, 0.1) is 5.82 Å². The first kappa shape index (κ1) is 14.4. The number of hydrogen-bond acceptors (Lipinski definition) is 4. The molecule has 1 aliphatic heterocycles. The first-order valence-electron chi connectivity index (χ1n) is 7.33. The van der Waals surface area contributed by atoms with E-state index in [0.717, 1.165) is 25.7 Å². The molecule has 0 bridgehead atoms. The van der Waals surface area contributed by atoms with Gasteiger partial charge in [0.2, 0.25) is 0 Å². The first-order chi connectivity index (χ1) is 10.7. The van der Waals surface area contributed by atoms with Gasteiger partial charge in [-0.25, -0.2) is 13.9 Å². The zero-order chi connectivity index (χ0) is 15.4. The van der Waals surface area contributed by atoms with Gasteiger partial charge in [-0.1, -0.05) is 12.8 Å². The summed E-state index contributed by atoms with van der Waals surface area (Å²) in [6.07, 6.45) is 5.65. The van der Waals surface area contributed by atoms with Crippen LogP contribution >= 0.6 is 0 Å². The minimum Gasteiger partial charge on any atom is -0.325 e. The molecule has 22 heavy (non-hydrogen) atoms. The second kappa shape index (κ2) is 6.50. The van der Waals surface area contributed by atoms with Gasteiger partial charge in [-0.2, -0.15) is 0 Å². The van der Waals surface area contributed by atoms with Gasteiger partial charge in [0.1, 0.15) is 12.1 Å². The summed E-state index contributed by atoms with van der Waals surface area (Å²) in [7, 11) is 0. The molecule has 116 valence electrons. The Labute approximate surface area is 127 Å². The van der Waals surface area contributed by atoms with E-state index >= 15 is 0 Å². The average Bonchev–Trinajstić information content (AvgIpc) is 2.91. The lowest BCUT2D eigenvalue weighted by Gasteiger charge is -2.21. The van der Waals surface area contributed by atoms with Crippen LogP contribution in [-0.4, -0.2) is 44.2 Å². The second-order valence-electron chi connectivity index (χ2n) is 5.25. The maximum absolute atomic E-state index is 13.9. The highest BCUT2D eigenvalue weighted by Gasteiger charge is 2.17. The quantitative estimate of drug-likeness (QED) is 0.923. The molecular formula is C14H17FN6O. The predicted octanol–water partition coefficient (Wildman–Crippen LogP) is 2.21. The number of nitrogens with one attached hydrogen (secondary N) is 1. The maximum atomic E-state index is 13.9. The number of hydrogen-bond donors (Lipinski definition) is 1. The van der Waals surface area contributed by atoms with Crippen LogP contribution in [0.5, 0.6) is 0 Å². The first-order valence-corrected chi connectivity index (χ1v) is 7.33. The Morgan fingerprint density at radius 1 is 1.18 bits per heavy atom. The molecule has 1 saturated heterocycles. The van der Waals surface area contributed by atoms with Gasteiger partial charge in [-0.15, -0.1) is 5.10 Å². The normalized spacial score (nSPS) is 15.4. The molecule has 0 atom stereocenters. The molecule has 0 unspecified atom stereocenters. The van der Waals surface area contributed by atoms with Gasteiger partial charge < -0.3 is 10.2 Å². The second-order valence-corrected chi connectivity index (χ2v) is 5.25. The maximum Gasteiger partial charge on any atom is 0.321 e. The lowest BCUT2D eigenvalue weighted by atomic mass is 10.2. The molecule has 0 aliphatic carbocycles. The van der Waals surface area contributed by atoms with Crippen molar-refractivity contribution in [1.29, 1.82) is 0 Å². The van der Waals surface area contributed by atoms with Gasteiger partial charge in [-0.3, -0.25) is 0 Å². The van der Waals surface area contributed by atoms with Crippen LogP contribution in [0.15, 0.2) is 24.5 Å². The van der Waals surface area contributed by atoms with Crippen molar-refractivity contribution < 1.29 is 9.18 Å². The largest absolute Gasteiger partial charge is 0.325 e. The smallest absolute Gasteiger partial charge is 0.321 e. The molecule has 0 spiro atoms. The minimum absolute atomic E-state index is 0.127. The zero-order valence-electron chi connectivity index (χ0n) is 12.1. The van der Waals surface area contributed by atoms with Gasteiger partial charge in [0.25, 0.3) is 0 Å². The van der Waals surface area contributed by atoms with Crippen molar-refractivity contribution in [3.8, 4) is 5.69 Å². The van der Waals surface area contributed by atoms with Gasteiger partial charge in [0.15, 0.2) is 0 Å². The summed E-state index contributed by atoms with van der Waals surface area (Å²) in [5, 5.41) is 13.5. The highest BCUT2D eigenvalue weighted by Crippen LogP contribution is 2.19. The van der Waals surface area contributed by atoms with Crippen molar-refractivity contribution in [2.45, 2.75) is 25.7 Å². The number of urea groups is 1. The Morgan fingerprint density at radius 3 is 2.64 bits per heavy atom. The SMILES string of the molecule is O=C(Nc1cc(-n2cnnn2)ccc1F)N1CCCCCC1. The van der Waals surface area contributed by atoms with Gasteiger partial charge in [-0.05, 0) is 41.5 Å². The number of likely N-dealkylation sites (tertiary alicyclic amines) is 1. The van der Waals surface area contributed by atoms with E-state index in [0.29, 0.717) is 18.8 Å². The van der Waals surface area contributed by atoms with Crippen molar-refractivity contribution >= 4 is 11.7 Å². The number of halogens is 1. The molecule has 1 aliphatic rings. The molecule has 1 aromatic carbocycles. The van der Waals surface area contributed by atoms with Crippen molar-refractivity contribution in [3.63, 3.8) is 0 Å². The van der Waals surface area contributed by atoms with Crippen LogP contribution in [0.1, 0.15) is 25.7 Å². The van der Waals surface area contributed by atoms with Crippen LogP contribution in [0.2, 0.25) is 0 Å². The fourth-order valence-corrected chi connectivity index (χ4v) is 2.50. The van der Waals surface area contributed by atoms with Crippen LogP contribution in [0.3, 0.4) is 0 Å². The summed E-state index contributed by atoms with van der Waals surface area (Å²) in [6, 6.07) is 4.08. The molecular weight excluding hydrogens is 287 g/mol. The van der Waals surface area contributed by atoms with E-state index in [-0.39, 0.29) is 11.7 Å². The van der Waals surface area contributed by atoms with E-state index in [4.69, 9.17) is 0 Å². The summed E-state index contributed by atoms with van der Waals surface area (Å²) in [5.74, 6) is -0.486. The third-order valence-electron chi connectivity index (χ3n) is 3.70. The minimum atomic E-state index is -0.486. The fourth-order valence-electron chi connectivity index (χ4n) is 2.50. The Hall–Kier alpha value is -2.51. The standard InChI is InChI=1S/C14H17FN6O/c15-12-6-5-11(21-10-16-18-19-21)9-13(12)17-14(22)20-7-3-1-2-4-8-20/h5-6,9-10H,1-4,7-8H2,(H,17,22). The van der Waals surface area contributed by atoms with Crippen LogP contribution < -0.4 is 5.32 Å². The van der Waals surface area contributed by atoms with Crippen LogP contribution in [-0.2, 0) is 0 Å². The third kappa shape index (κ3) is 3.21. The summed E-state index contributed by atoms with van der Waals surface area (Å²) in [5.41, 5.74) is 0.708. The number of aromatic nitrogens is 4. The molecule has 7 nitrogen and oxygen atoms in total. The number of benzene rings is 1. The number of tetrazole rings is 1. The van der Waals surface area contributed by atoms with E-state index in [9.17, 15) is 9.18 Å². The Morgan fingerprint density at radius 2 is 1.95 bits per heavy atom.